The van der Waals surface area contributed by atoms with Crippen molar-refractivity contribution in [3.63, 3.8) is 0 Å². The monoisotopic (exact) mass is 314 g/mol. The number of hydrogen-bond acceptors (Lipinski definition) is 4. The Labute approximate surface area is 138 Å². The highest BCUT2D eigenvalue weighted by atomic mass is 16.2. The SMILES string of the molecule is NN(C(=O)c1cccc2nc3ccccc3nc12)c1ccccc1. The molecule has 0 radical (unpaired) electrons. The number of aromatic nitrogens is 2. The predicted molar refractivity (Wildman–Crippen MR) is 94.5 cm³/mol. The maximum absolute atomic E-state index is 12.8. The van der Waals surface area contributed by atoms with E-state index in [0.29, 0.717) is 22.3 Å². The van der Waals surface area contributed by atoms with E-state index in [0.717, 1.165) is 16.0 Å². The molecule has 3 aromatic carbocycles. The van der Waals surface area contributed by atoms with Crippen LogP contribution in [-0.4, -0.2) is 15.9 Å². The van der Waals surface area contributed by atoms with E-state index in [4.69, 9.17) is 5.84 Å². The molecule has 116 valence electrons. The van der Waals surface area contributed by atoms with Crippen molar-refractivity contribution >= 4 is 33.7 Å². The molecule has 0 aliphatic heterocycles. The summed E-state index contributed by atoms with van der Waals surface area (Å²) in [5.41, 5.74) is 3.80. The molecule has 1 amide bonds. The lowest BCUT2D eigenvalue weighted by atomic mass is 10.1. The van der Waals surface area contributed by atoms with Crippen molar-refractivity contribution in [2.75, 3.05) is 5.01 Å². The number of nitrogens with two attached hydrogens (primary N) is 1. The summed E-state index contributed by atoms with van der Waals surface area (Å²) in [5, 5.41) is 1.13. The zero-order valence-electron chi connectivity index (χ0n) is 12.8. The Bertz CT molecular complexity index is 1050. The topological polar surface area (TPSA) is 72.1 Å². The lowest BCUT2D eigenvalue weighted by Crippen LogP contribution is -2.37. The van der Waals surface area contributed by atoms with E-state index in [-0.39, 0.29) is 5.91 Å². The second-order valence-electron chi connectivity index (χ2n) is 5.40. The predicted octanol–water partition coefficient (Wildman–Crippen LogP) is 3.30. The maximum atomic E-state index is 12.8. The molecular formula is C19H14N4O. The Morgan fingerprint density at radius 2 is 1.38 bits per heavy atom. The first-order valence-corrected chi connectivity index (χ1v) is 7.54. The average Bonchev–Trinajstić information content (AvgIpc) is 2.65. The van der Waals surface area contributed by atoms with Crippen LogP contribution >= 0.6 is 0 Å². The fraction of sp³-hybridized carbons (Fsp3) is 0. The number of rotatable bonds is 2. The van der Waals surface area contributed by atoms with E-state index in [1.807, 2.05) is 48.5 Å². The lowest BCUT2D eigenvalue weighted by molar-refractivity contribution is 0.0988. The molecule has 0 atom stereocenters. The van der Waals surface area contributed by atoms with Gasteiger partial charge in [-0.15, -0.1) is 0 Å². The highest BCUT2D eigenvalue weighted by molar-refractivity contribution is 6.12. The van der Waals surface area contributed by atoms with E-state index in [2.05, 4.69) is 9.97 Å². The third-order valence-corrected chi connectivity index (χ3v) is 3.85. The van der Waals surface area contributed by atoms with Gasteiger partial charge in [-0.1, -0.05) is 36.4 Å². The van der Waals surface area contributed by atoms with Crippen LogP contribution in [0.3, 0.4) is 0 Å². The van der Waals surface area contributed by atoms with Crippen LogP contribution < -0.4 is 10.9 Å². The number of para-hydroxylation sites is 4. The van der Waals surface area contributed by atoms with Crippen molar-refractivity contribution < 1.29 is 4.79 Å². The van der Waals surface area contributed by atoms with E-state index in [9.17, 15) is 4.79 Å². The molecular weight excluding hydrogens is 300 g/mol. The van der Waals surface area contributed by atoms with Crippen LogP contribution in [0.1, 0.15) is 10.4 Å². The van der Waals surface area contributed by atoms with Gasteiger partial charge in [0.05, 0.1) is 27.8 Å². The smallest absolute Gasteiger partial charge is 0.267 e. The molecule has 0 aliphatic rings. The normalized spacial score (nSPS) is 10.9. The van der Waals surface area contributed by atoms with Crippen LogP contribution in [0.2, 0.25) is 0 Å². The third kappa shape index (κ3) is 2.37. The fourth-order valence-corrected chi connectivity index (χ4v) is 2.65. The van der Waals surface area contributed by atoms with Gasteiger partial charge >= 0.3 is 0 Å². The van der Waals surface area contributed by atoms with Gasteiger partial charge in [0, 0.05) is 0 Å². The van der Waals surface area contributed by atoms with Crippen molar-refractivity contribution in [1.29, 1.82) is 0 Å². The highest BCUT2D eigenvalue weighted by Crippen LogP contribution is 2.21. The van der Waals surface area contributed by atoms with E-state index in [1.54, 1.807) is 24.3 Å². The van der Waals surface area contributed by atoms with Gasteiger partial charge in [0.1, 0.15) is 5.52 Å². The fourth-order valence-electron chi connectivity index (χ4n) is 2.65. The minimum atomic E-state index is -0.323. The number of anilines is 1. The summed E-state index contributed by atoms with van der Waals surface area (Å²) < 4.78 is 0. The van der Waals surface area contributed by atoms with Crippen molar-refractivity contribution in [3.8, 4) is 0 Å². The first kappa shape index (κ1) is 14.3. The van der Waals surface area contributed by atoms with Crippen molar-refractivity contribution in [2.45, 2.75) is 0 Å². The number of carbonyl (C=O) groups excluding carboxylic acids is 1. The summed E-state index contributed by atoms with van der Waals surface area (Å²) >= 11 is 0. The Morgan fingerprint density at radius 3 is 2.12 bits per heavy atom. The first-order chi connectivity index (χ1) is 11.7. The van der Waals surface area contributed by atoms with Gasteiger partial charge in [-0.3, -0.25) is 4.79 Å². The number of benzene rings is 3. The molecule has 1 heterocycles. The number of carbonyl (C=O) groups is 1. The maximum Gasteiger partial charge on any atom is 0.274 e. The van der Waals surface area contributed by atoms with Crippen molar-refractivity contribution in [1.82, 2.24) is 9.97 Å². The number of hydrazine groups is 1. The molecule has 24 heavy (non-hydrogen) atoms. The van der Waals surface area contributed by atoms with Gasteiger partial charge in [0.25, 0.3) is 5.91 Å². The summed E-state index contributed by atoms with van der Waals surface area (Å²) in [6.07, 6.45) is 0. The molecule has 0 unspecified atom stereocenters. The van der Waals surface area contributed by atoms with E-state index >= 15 is 0 Å². The number of amides is 1. The average molecular weight is 314 g/mol. The standard InChI is InChI=1S/C19H14N4O/c20-23(13-7-2-1-3-8-13)19(24)14-9-6-12-17-18(14)22-16-11-5-4-10-15(16)21-17/h1-12H,20H2. The molecule has 4 rings (SSSR count). The molecule has 5 nitrogen and oxygen atoms in total. The number of fused-ring (bicyclic) bond motifs is 2. The zero-order chi connectivity index (χ0) is 16.5. The minimum Gasteiger partial charge on any atom is -0.267 e. The lowest BCUT2D eigenvalue weighted by Gasteiger charge is -2.17. The number of nitrogens with zero attached hydrogens (tertiary/aromatic N) is 3. The Kier molecular flexibility index (Phi) is 3.40. The zero-order valence-corrected chi connectivity index (χ0v) is 12.8. The molecule has 0 saturated heterocycles. The summed E-state index contributed by atoms with van der Waals surface area (Å²) in [4.78, 5) is 22.0. The van der Waals surface area contributed by atoms with Crippen LogP contribution in [-0.2, 0) is 0 Å². The molecule has 1 aromatic heterocycles. The van der Waals surface area contributed by atoms with Crippen molar-refractivity contribution in [3.05, 3.63) is 78.4 Å². The van der Waals surface area contributed by atoms with Gasteiger partial charge in [-0.2, -0.15) is 0 Å². The minimum absolute atomic E-state index is 0.323. The Morgan fingerprint density at radius 1 is 0.750 bits per heavy atom. The van der Waals surface area contributed by atoms with Crippen molar-refractivity contribution in [2.24, 2.45) is 5.84 Å². The molecule has 2 N–H and O–H groups in total. The van der Waals surface area contributed by atoms with Gasteiger partial charge in [-0.05, 0) is 36.4 Å². The van der Waals surface area contributed by atoms with Crippen LogP contribution in [0.25, 0.3) is 22.1 Å². The van der Waals surface area contributed by atoms with Crippen LogP contribution in [0.4, 0.5) is 5.69 Å². The summed E-state index contributed by atoms with van der Waals surface area (Å²) in [5.74, 6) is 5.69. The van der Waals surface area contributed by atoms with Gasteiger partial charge in [0.15, 0.2) is 0 Å². The van der Waals surface area contributed by atoms with Crippen LogP contribution in [0, 0.1) is 0 Å². The van der Waals surface area contributed by atoms with Crippen LogP contribution in [0.15, 0.2) is 72.8 Å². The molecule has 5 heteroatoms. The summed E-state index contributed by atoms with van der Waals surface area (Å²) in [6, 6.07) is 22.0. The van der Waals surface area contributed by atoms with Crippen LogP contribution in [0.5, 0.6) is 0 Å². The molecule has 0 aliphatic carbocycles. The molecule has 0 saturated carbocycles. The van der Waals surface area contributed by atoms with E-state index in [1.165, 1.54) is 0 Å². The van der Waals surface area contributed by atoms with Gasteiger partial charge in [-0.25, -0.2) is 20.8 Å². The largest absolute Gasteiger partial charge is 0.274 e. The molecule has 0 bridgehead atoms. The van der Waals surface area contributed by atoms with Gasteiger partial charge < -0.3 is 0 Å². The molecule has 0 fully saturated rings. The summed E-state index contributed by atoms with van der Waals surface area (Å²) in [6.45, 7) is 0. The second kappa shape index (κ2) is 5.72. The second-order valence-corrected chi connectivity index (χ2v) is 5.40. The Balaban J connectivity index is 1.87. The van der Waals surface area contributed by atoms with Gasteiger partial charge in [0.2, 0.25) is 0 Å². The quantitative estimate of drug-likeness (QED) is 0.267. The number of hydrogen-bond donors (Lipinski definition) is 1. The first-order valence-electron chi connectivity index (χ1n) is 7.54. The third-order valence-electron chi connectivity index (χ3n) is 3.85. The highest BCUT2D eigenvalue weighted by Gasteiger charge is 2.18. The van der Waals surface area contributed by atoms with E-state index < -0.39 is 0 Å². The summed E-state index contributed by atoms with van der Waals surface area (Å²) in [7, 11) is 0. The molecule has 0 spiro atoms. The Hall–Kier alpha value is -3.31. The molecule has 4 aromatic rings.